The van der Waals surface area contributed by atoms with E-state index < -0.39 is 11.7 Å². The van der Waals surface area contributed by atoms with Crippen molar-refractivity contribution in [2.75, 3.05) is 0 Å². The maximum absolute atomic E-state index is 12.0. The summed E-state index contributed by atoms with van der Waals surface area (Å²) in [5, 5.41) is 4.86. The lowest BCUT2D eigenvalue weighted by Crippen LogP contribution is -2.27. The van der Waals surface area contributed by atoms with Gasteiger partial charge in [-0.1, -0.05) is 46.3 Å². The Morgan fingerprint density at radius 1 is 1.30 bits per heavy atom. The van der Waals surface area contributed by atoms with Gasteiger partial charge in [-0.25, -0.2) is 4.79 Å². The minimum Gasteiger partial charge on any atom is -0.442 e. The fraction of sp³-hybridized carbons (Fsp3) is 0.333. The van der Waals surface area contributed by atoms with Crippen molar-refractivity contribution in [2.24, 2.45) is 0 Å². The molecule has 0 aliphatic rings. The first kappa shape index (κ1) is 14.8. The van der Waals surface area contributed by atoms with Crippen molar-refractivity contribution in [3.8, 4) is 11.1 Å². The highest BCUT2D eigenvalue weighted by Gasteiger charge is 2.20. The number of ether oxygens (including phenoxy) is 1. The number of benzene rings is 1. The van der Waals surface area contributed by atoms with Crippen LogP contribution in [0, 0.1) is 0 Å². The van der Waals surface area contributed by atoms with Gasteiger partial charge in [0.05, 0.1) is 5.69 Å². The van der Waals surface area contributed by atoms with Crippen LogP contribution in [0.25, 0.3) is 11.1 Å². The fourth-order valence-electron chi connectivity index (χ4n) is 1.77. The maximum atomic E-state index is 12.0. The van der Waals surface area contributed by atoms with Crippen LogP contribution in [0.3, 0.4) is 0 Å². The summed E-state index contributed by atoms with van der Waals surface area (Å²) in [5.41, 5.74) is 2.22. The van der Waals surface area contributed by atoms with Crippen molar-refractivity contribution in [3.63, 3.8) is 0 Å². The quantitative estimate of drug-likeness (QED) is 0.771. The van der Waals surface area contributed by atoms with Crippen molar-refractivity contribution in [1.82, 2.24) is 9.78 Å². The zero-order valence-electron chi connectivity index (χ0n) is 11.8. The Kier molecular flexibility index (Phi) is 4.28. The Bertz CT molecular complexity index is 600. The second kappa shape index (κ2) is 5.79. The number of carbonyl (C=O) groups excluding carboxylic acids is 1. The molecule has 1 heterocycles. The summed E-state index contributed by atoms with van der Waals surface area (Å²) in [5.74, 6) is 0. The molecule has 0 saturated heterocycles. The van der Waals surface area contributed by atoms with Gasteiger partial charge in [-0.3, -0.25) is 0 Å². The van der Waals surface area contributed by atoms with E-state index in [-0.39, 0.29) is 0 Å². The number of hydrogen-bond acceptors (Lipinski definition) is 3. The van der Waals surface area contributed by atoms with Gasteiger partial charge in [0.25, 0.3) is 0 Å². The molecule has 0 N–H and O–H groups in total. The van der Waals surface area contributed by atoms with Gasteiger partial charge in [0.1, 0.15) is 5.60 Å². The molecule has 20 heavy (non-hydrogen) atoms. The molecule has 0 radical (unpaired) electrons. The van der Waals surface area contributed by atoms with Crippen LogP contribution in [-0.4, -0.2) is 21.5 Å². The number of halogens is 1. The summed E-state index contributed by atoms with van der Waals surface area (Å²) in [6.07, 6.45) is 1.24. The molecule has 0 fully saturated rings. The van der Waals surface area contributed by atoms with E-state index in [1.165, 1.54) is 4.68 Å². The minimum atomic E-state index is -0.537. The molecule has 106 valence electrons. The van der Waals surface area contributed by atoms with Gasteiger partial charge in [-0.05, 0) is 26.3 Å². The van der Waals surface area contributed by atoms with Crippen LogP contribution in [0.5, 0.6) is 0 Å². The second-order valence-corrected chi connectivity index (χ2v) is 5.97. The monoisotopic (exact) mass is 336 g/mol. The van der Waals surface area contributed by atoms with Crippen molar-refractivity contribution < 1.29 is 9.53 Å². The number of nitrogens with zero attached hydrogens (tertiary/aromatic N) is 2. The highest BCUT2D eigenvalue weighted by atomic mass is 79.9. The molecule has 0 atom stereocenters. The molecule has 0 aliphatic carbocycles. The topological polar surface area (TPSA) is 44.1 Å². The molecule has 0 amide bonds. The van der Waals surface area contributed by atoms with Crippen LogP contribution in [0.15, 0.2) is 36.5 Å². The maximum Gasteiger partial charge on any atom is 0.435 e. The molecule has 0 saturated carbocycles. The predicted octanol–water partition coefficient (Wildman–Crippen LogP) is 4.23. The van der Waals surface area contributed by atoms with Crippen molar-refractivity contribution in [2.45, 2.75) is 31.7 Å². The molecule has 2 aromatic rings. The molecular weight excluding hydrogens is 320 g/mol. The van der Waals surface area contributed by atoms with Crippen LogP contribution >= 0.6 is 15.9 Å². The molecule has 0 aliphatic heterocycles. The van der Waals surface area contributed by atoms with Gasteiger partial charge < -0.3 is 4.74 Å². The summed E-state index contributed by atoms with van der Waals surface area (Å²) in [4.78, 5) is 12.0. The van der Waals surface area contributed by atoms with Crippen molar-refractivity contribution in [3.05, 3.63) is 42.2 Å². The van der Waals surface area contributed by atoms with E-state index in [1.807, 2.05) is 51.1 Å². The zero-order chi connectivity index (χ0) is 14.8. The van der Waals surface area contributed by atoms with Gasteiger partial charge in [-0.2, -0.15) is 9.78 Å². The van der Waals surface area contributed by atoms with Crippen LogP contribution < -0.4 is 0 Å². The van der Waals surface area contributed by atoms with E-state index in [0.29, 0.717) is 5.33 Å². The van der Waals surface area contributed by atoms with Gasteiger partial charge in [-0.15, -0.1) is 0 Å². The highest BCUT2D eigenvalue weighted by Crippen LogP contribution is 2.24. The van der Waals surface area contributed by atoms with E-state index in [0.717, 1.165) is 16.8 Å². The van der Waals surface area contributed by atoms with E-state index in [9.17, 15) is 4.79 Å². The van der Waals surface area contributed by atoms with E-state index in [2.05, 4.69) is 21.0 Å². The molecule has 1 aromatic heterocycles. The van der Waals surface area contributed by atoms with E-state index in [4.69, 9.17) is 4.74 Å². The fourth-order valence-corrected chi connectivity index (χ4v) is 2.18. The lowest BCUT2D eigenvalue weighted by molar-refractivity contribution is 0.0514. The smallest absolute Gasteiger partial charge is 0.435 e. The summed E-state index contributed by atoms with van der Waals surface area (Å²) in [6.45, 7) is 5.49. The predicted molar refractivity (Wildman–Crippen MR) is 81.9 cm³/mol. The van der Waals surface area contributed by atoms with Crippen LogP contribution in [0.1, 0.15) is 26.5 Å². The van der Waals surface area contributed by atoms with E-state index in [1.54, 1.807) is 6.20 Å². The summed E-state index contributed by atoms with van der Waals surface area (Å²) >= 11 is 3.40. The second-order valence-electron chi connectivity index (χ2n) is 5.41. The Balaban J connectivity index is 2.35. The molecule has 5 heteroatoms. The molecule has 1 aromatic carbocycles. The number of rotatable bonds is 2. The number of carbonyl (C=O) groups is 1. The third-order valence-electron chi connectivity index (χ3n) is 2.58. The van der Waals surface area contributed by atoms with Crippen molar-refractivity contribution >= 4 is 22.0 Å². The van der Waals surface area contributed by atoms with Gasteiger partial charge in [0.2, 0.25) is 0 Å². The Morgan fingerprint density at radius 2 is 1.95 bits per heavy atom. The molecule has 0 unspecified atom stereocenters. The van der Waals surface area contributed by atoms with E-state index >= 15 is 0 Å². The molecule has 2 rings (SSSR count). The molecular formula is C15H17BrN2O2. The lowest BCUT2D eigenvalue weighted by atomic mass is 10.1. The number of aromatic nitrogens is 2. The number of hydrogen-bond donors (Lipinski definition) is 0. The standard InChI is InChI=1S/C15H17BrN2O2/c1-15(2,3)20-14(19)18-10-12(13(9-16)17-18)11-7-5-4-6-8-11/h4-8,10H,9H2,1-3H3. The minimum absolute atomic E-state index is 0.470. The van der Waals surface area contributed by atoms with Crippen molar-refractivity contribution in [1.29, 1.82) is 0 Å². The lowest BCUT2D eigenvalue weighted by Gasteiger charge is -2.18. The first-order chi connectivity index (χ1) is 9.40. The highest BCUT2D eigenvalue weighted by molar-refractivity contribution is 9.08. The molecule has 4 nitrogen and oxygen atoms in total. The third kappa shape index (κ3) is 3.48. The summed E-state index contributed by atoms with van der Waals surface area (Å²) < 4.78 is 6.57. The van der Waals surface area contributed by atoms with Crippen LogP contribution in [0.4, 0.5) is 4.79 Å². The molecule has 0 spiro atoms. The average molecular weight is 337 g/mol. The third-order valence-corrected chi connectivity index (χ3v) is 3.11. The summed E-state index contributed by atoms with van der Waals surface area (Å²) in [6, 6.07) is 9.84. The van der Waals surface area contributed by atoms with Gasteiger partial charge >= 0.3 is 6.09 Å². The zero-order valence-corrected chi connectivity index (χ0v) is 13.3. The first-order valence-corrected chi connectivity index (χ1v) is 7.46. The first-order valence-electron chi connectivity index (χ1n) is 6.34. The van der Waals surface area contributed by atoms with Gasteiger partial charge in [0, 0.05) is 17.1 Å². The Hall–Kier alpha value is -1.62. The van der Waals surface area contributed by atoms with Gasteiger partial charge in [0.15, 0.2) is 0 Å². The number of alkyl halides is 1. The average Bonchev–Trinajstić information content (AvgIpc) is 2.82. The summed E-state index contributed by atoms with van der Waals surface area (Å²) in [7, 11) is 0. The Labute approximate surface area is 126 Å². The van der Waals surface area contributed by atoms with Crippen LogP contribution in [-0.2, 0) is 10.1 Å². The largest absolute Gasteiger partial charge is 0.442 e. The molecule has 0 bridgehead atoms. The SMILES string of the molecule is CC(C)(C)OC(=O)n1cc(-c2ccccc2)c(CBr)n1. The van der Waals surface area contributed by atoms with Crippen LogP contribution in [0.2, 0.25) is 0 Å². The Morgan fingerprint density at radius 3 is 2.50 bits per heavy atom. The normalized spacial score (nSPS) is 11.4.